The summed E-state index contributed by atoms with van der Waals surface area (Å²) in [7, 11) is 1.34. The van der Waals surface area contributed by atoms with Crippen LogP contribution in [-0.4, -0.2) is 46.8 Å². The molecule has 0 radical (unpaired) electrons. The van der Waals surface area contributed by atoms with Gasteiger partial charge in [-0.25, -0.2) is 15.4 Å². The van der Waals surface area contributed by atoms with Crippen molar-refractivity contribution in [3.05, 3.63) is 38.5 Å². The maximum atomic E-state index is 12.6. The number of Topliss-reactive ketones (excluding diaryl/α,β-unsaturated/α-hetero) is 1. The first-order valence-corrected chi connectivity index (χ1v) is 10.1. The Kier molecular flexibility index (Phi) is 7.00. The van der Waals surface area contributed by atoms with Crippen LogP contribution >= 0.6 is 34.8 Å². The van der Waals surface area contributed by atoms with Crippen molar-refractivity contribution in [2.75, 3.05) is 25.1 Å². The van der Waals surface area contributed by atoms with Gasteiger partial charge in [-0.1, -0.05) is 23.2 Å². The van der Waals surface area contributed by atoms with Gasteiger partial charge in [-0.05, 0) is 37.3 Å². The number of amides is 1. The molecule has 3 rings (SSSR count). The number of anilines is 1. The van der Waals surface area contributed by atoms with E-state index in [-0.39, 0.29) is 27.7 Å². The number of carbonyl (C=O) groups is 2. The van der Waals surface area contributed by atoms with Crippen molar-refractivity contribution in [1.29, 1.82) is 0 Å². The number of halogens is 3. The van der Waals surface area contributed by atoms with Crippen LogP contribution in [0.2, 0.25) is 15.3 Å². The number of nitrogens with zero attached hydrogens (tertiary/aromatic N) is 3. The molecule has 0 atom stereocenters. The zero-order chi connectivity index (χ0) is 21.1. The molecule has 1 aliphatic heterocycles. The van der Waals surface area contributed by atoms with E-state index in [0.29, 0.717) is 41.7 Å². The largest absolute Gasteiger partial charge is 0.356 e. The smallest absolute Gasteiger partial charge is 0.293 e. The molecule has 2 N–H and O–H groups in total. The summed E-state index contributed by atoms with van der Waals surface area (Å²) < 4.78 is 0. The van der Waals surface area contributed by atoms with Gasteiger partial charge in [0.05, 0.1) is 17.2 Å². The maximum Gasteiger partial charge on any atom is 0.293 e. The van der Waals surface area contributed by atoms with Crippen molar-refractivity contribution in [2.45, 2.75) is 26.2 Å². The molecule has 2 aromatic heterocycles. The van der Waals surface area contributed by atoms with Gasteiger partial charge in [0, 0.05) is 31.3 Å². The van der Waals surface area contributed by atoms with E-state index in [1.807, 2.05) is 4.90 Å². The molecule has 3 heterocycles. The molecule has 0 spiro atoms. The average Bonchev–Trinajstić information content (AvgIpc) is 2.95. The third-order valence-corrected chi connectivity index (χ3v) is 5.97. The van der Waals surface area contributed by atoms with Crippen molar-refractivity contribution in [1.82, 2.24) is 20.4 Å². The standard InChI is InChI=1S/C18H20Cl3N5O3/c1-9-14(19)15(20)16(22-9)12(27)7-10-3-5-26(6-4-10)13-8-11(17(28)25-29-2)23-18(21)24-13/h8,10,22H,3-7H2,1-2H3,(H,25,28). The minimum absolute atomic E-state index is 0.0188. The number of ketones is 1. The van der Waals surface area contributed by atoms with Gasteiger partial charge < -0.3 is 9.88 Å². The summed E-state index contributed by atoms with van der Waals surface area (Å²) in [6.07, 6.45) is 1.96. The van der Waals surface area contributed by atoms with Crippen LogP contribution in [-0.2, 0) is 4.84 Å². The fourth-order valence-corrected chi connectivity index (χ4v) is 3.94. The fourth-order valence-electron chi connectivity index (χ4n) is 3.32. The number of hydrogen-bond acceptors (Lipinski definition) is 6. The normalized spacial score (nSPS) is 14.9. The van der Waals surface area contributed by atoms with Crippen LogP contribution in [0.1, 0.15) is 45.9 Å². The Morgan fingerprint density at radius 3 is 2.52 bits per heavy atom. The van der Waals surface area contributed by atoms with Gasteiger partial charge in [0.25, 0.3) is 5.91 Å². The van der Waals surface area contributed by atoms with Crippen LogP contribution in [0, 0.1) is 12.8 Å². The summed E-state index contributed by atoms with van der Waals surface area (Å²) in [5, 5.41) is 0.651. The van der Waals surface area contributed by atoms with E-state index in [4.69, 9.17) is 34.8 Å². The number of aryl methyl sites for hydroxylation is 1. The zero-order valence-electron chi connectivity index (χ0n) is 15.9. The maximum absolute atomic E-state index is 12.6. The molecule has 1 saturated heterocycles. The summed E-state index contributed by atoms with van der Waals surface area (Å²) in [5.74, 6) is 0.221. The van der Waals surface area contributed by atoms with Gasteiger partial charge >= 0.3 is 0 Å². The Balaban J connectivity index is 1.62. The number of nitrogens with one attached hydrogen (secondary N) is 2. The van der Waals surface area contributed by atoms with Gasteiger partial charge in [0.15, 0.2) is 5.78 Å². The number of hydrogen-bond donors (Lipinski definition) is 2. The number of hydroxylamine groups is 1. The lowest BCUT2D eigenvalue weighted by molar-refractivity contribution is 0.0532. The highest BCUT2D eigenvalue weighted by atomic mass is 35.5. The topological polar surface area (TPSA) is 100 Å². The lowest BCUT2D eigenvalue weighted by Crippen LogP contribution is -2.35. The summed E-state index contributed by atoms with van der Waals surface area (Å²) in [4.78, 5) is 42.3. The van der Waals surface area contributed by atoms with Gasteiger partial charge in [-0.2, -0.15) is 0 Å². The lowest BCUT2D eigenvalue weighted by Gasteiger charge is -2.32. The number of aromatic amines is 1. The second-order valence-corrected chi connectivity index (χ2v) is 7.92. The SMILES string of the molecule is CONC(=O)c1cc(N2CCC(CC(=O)c3[nH]c(C)c(Cl)c3Cl)CC2)nc(Cl)n1. The molecule has 8 nitrogen and oxygen atoms in total. The van der Waals surface area contributed by atoms with Gasteiger partial charge in [0.2, 0.25) is 5.28 Å². The second kappa shape index (κ2) is 9.30. The first-order chi connectivity index (χ1) is 13.8. The number of piperidine rings is 1. The highest BCUT2D eigenvalue weighted by Crippen LogP contribution is 2.32. The van der Waals surface area contributed by atoms with Gasteiger partial charge in [-0.3, -0.25) is 14.4 Å². The first-order valence-electron chi connectivity index (χ1n) is 8.99. The Morgan fingerprint density at radius 1 is 1.24 bits per heavy atom. The predicted octanol–water partition coefficient (Wildman–Crippen LogP) is 3.85. The number of H-pyrrole nitrogens is 1. The molecule has 0 aromatic carbocycles. The molecular formula is C18H20Cl3N5O3. The summed E-state index contributed by atoms with van der Waals surface area (Å²) >= 11 is 18.2. The lowest BCUT2D eigenvalue weighted by atomic mass is 9.91. The monoisotopic (exact) mass is 459 g/mol. The third-order valence-electron chi connectivity index (χ3n) is 4.86. The zero-order valence-corrected chi connectivity index (χ0v) is 18.2. The quantitative estimate of drug-likeness (QED) is 0.386. The van der Waals surface area contributed by atoms with E-state index in [2.05, 4.69) is 25.3 Å². The predicted molar refractivity (Wildman–Crippen MR) is 111 cm³/mol. The minimum Gasteiger partial charge on any atom is -0.356 e. The van der Waals surface area contributed by atoms with Crippen molar-refractivity contribution in [3.63, 3.8) is 0 Å². The number of carbonyl (C=O) groups excluding carboxylic acids is 2. The molecule has 1 fully saturated rings. The molecule has 2 aromatic rings. The van der Waals surface area contributed by atoms with Gasteiger partial charge in [0.1, 0.15) is 17.2 Å². The van der Waals surface area contributed by atoms with E-state index in [1.54, 1.807) is 13.0 Å². The van der Waals surface area contributed by atoms with Crippen LogP contribution in [0.4, 0.5) is 5.82 Å². The molecule has 29 heavy (non-hydrogen) atoms. The van der Waals surface area contributed by atoms with E-state index in [0.717, 1.165) is 12.8 Å². The second-order valence-electron chi connectivity index (χ2n) is 6.83. The van der Waals surface area contributed by atoms with Crippen molar-refractivity contribution in [3.8, 4) is 0 Å². The number of aromatic nitrogens is 3. The Labute approximate surface area is 182 Å². The molecule has 156 valence electrons. The molecule has 0 bridgehead atoms. The Bertz CT molecular complexity index is 926. The van der Waals surface area contributed by atoms with E-state index in [1.165, 1.54) is 7.11 Å². The van der Waals surface area contributed by atoms with Crippen molar-refractivity contribution < 1.29 is 14.4 Å². The van der Waals surface area contributed by atoms with E-state index >= 15 is 0 Å². The molecule has 1 aliphatic rings. The molecule has 0 unspecified atom stereocenters. The Hall–Kier alpha value is -1.87. The van der Waals surface area contributed by atoms with E-state index in [9.17, 15) is 9.59 Å². The molecule has 0 saturated carbocycles. The Morgan fingerprint density at radius 2 is 1.93 bits per heavy atom. The third kappa shape index (κ3) is 5.01. The van der Waals surface area contributed by atoms with E-state index < -0.39 is 5.91 Å². The molecular weight excluding hydrogens is 441 g/mol. The molecule has 0 aliphatic carbocycles. The van der Waals surface area contributed by atoms with Crippen LogP contribution < -0.4 is 10.4 Å². The summed E-state index contributed by atoms with van der Waals surface area (Å²) in [6, 6.07) is 1.56. The minimum atomic E-state index is -0.504. The van der Waals surface area contributed by atoms with Crippen molar-refractivity contribution in [2.24, 2.45) is 5.92 Å². The van der Waals surface area contributed by atoms with Crippen LogP contribution in [0.5, 0.6) is 0 Å². The average molecular weight is 461 g/mol. The molecule has 1 amide bonds. The summed E-state index contributed by atoms with van der Waals surface area (Å²) in [6.45, 7) is 3.13. The van der Waals surface area contributed by atoms with Crippen LogP contribution in [0.3, 0.4) is 0 Å². The van der Waals surface area contributed by atoms with Gasteiger partial charge in [-0.15, -0.1) is 0 Å². The summed E-state index contributed by atoms with van der Waals surface area (Å²) in [5.41, 5.74) is 3.38. The van der Waals surface area contributed by atoms with Crippen LogP contribution in [0.15, 0.2) is 6.07 Å². The fraction of sp³-hybridized carbons (Fsp3) is 0.444. The molecule has 11 heteroatoms. The first kappa shape index (κ1) is 21.8. The highest BCUT2D eigenvalue weighted by Gasteiger charge is 2.26. The van der Waals surface area contributed by atoms with Crippen molar-refractivity contribution >= 4 is 52.3 Å². The number of rotatable bonds is 6. The van der Waals surface area contributed by atoms with Crippen LogP contribution in [0.25, 0.3) is 0 Å². The highest BCUT2D eigenvalue weighted by molar-refractivity contribution is 6.44.